The number of aliphatic carboxylic acids is 1. The molecule has 2 aliphatic heterocycles. The number of nitrogens with zero attached hydrogens (tertiary/aromatic N) is 3. The lowest BCUT2D eigenvalue weighted by Crippen LogP contribution is -2.72. The van der Waals surface area contributed by atoms with Crippen molar-refractivity contribution in [3.8, 4) is 0 Å². The van der Waals surface area contributed by atoms with Crippen molar-refractivity contribution in [2.75, 3.05) is 18.4 Å². The summed E-state index contributed by atoms with van der Waals surface area (Å²) < 4.78 is 5.18. The summed E-state index contributed by atoms with van der Waals surface area (Å²) in [5.74, 6) is -2.64. The number of aromatic nitrogens is 1. The minimum absolute atomic E-state index is 0.0229. The summed E-state index contributed by atoms with van der Waals surface area (Å²) in [6.07, 6.45) is 0.410. The fourth-order valence-corrected chi connectivity index (χ4v) is 4.02. The van der Waals surface area contributed by atoms with Gasteiger partial charge in [0.1, 0.15) is 17.3 Å². The first-order valence-electron chi connectivity index (χ1n) is 11.5. The molecule has 3 heterocycles. The molecule has 0 bridgehead atoms. The standard InChI is InChI=1S/C22H30N6O8S/c1-21(2,3)35-20(34)26-19-24-12(10-37-19)15(27-36-22(4,5)18(32)33)17(31)25-14-11(23-16(14)30)9-28-8-6-7-13(28)29/h10-11,14H,6-9H2,1-5H3,(H,23,30)(H,25,31)(H,32,33)(H,24,26,34)/t11-,14-/m0/s1. The van der Waals surface area contributed by atoms with E-state index in [4.69, 9.17) is 9.57 Å². The highest BCUT2D eigenvalue weighted by molar-refractivity contribution is 7.14. The quantitative estimate of drug-likeness (QED) is 0.199. The third-order valence-electron chi connectivity index (χ3n) is 5.34. The highest BCUT2D eigenvalue weighted by atomic mass is 32.1. The molecule has 0 radical (unpaired) electrons. The minimum atomic E-state index is -1.77. The molecule has 2 fully saturated rings. The van der Waals surface area contributed by atoms with Crippen molar-refractivity contribution in [3.05, 3.63) is 11.1 Å². The fraction of sp³-hybridized carbons (Fsp3) is 0.591. The van der Waals surface area contributed by atoms with Gasteiger partial charge in [0.2, 0.25) is 17.4 Å². The van der Waals surface area contributed by atoms with Gasteiger partial charge in [-0.2, -0.15) is 0 Å². The molecule has 202 valence electrons. The van der Waals surface area contributed by atoms with Gasteiger partial charge in [0.05, 0.1) is 6.04 Å². The number of β-lactam (4-membered cyclic amide) rings is 1. The number of hydrogen-bond acceptors (Lipinski definition) is 10. The van der Waals surface area contributed by atoms with Gasteiger partial charge in [0.15, 0.2) is 10.8 Å². The number of carbonyl (C=O) groups excluding carboxylic acids is 4. The molecule has 4 amide bonds. The predicted octanol–water partition coefficient (Wildman–Crippen LogP) is 0.680. The summed E-state index contributed by atoms with van der Waals surface area (Å²) in [5.41, 5.74) is -2.95. The van der Waals surface area contributed by atoms with E-state index in [1.54, 1.807) is 25.7 Å². The van der Waals surface area contributed by atoms with Crippen molar-refractivity contribution in [2.24, 2.45) is 5.16 Å². The second-order valence-electron chi connectivity index (χ2n) is 10.0. The highest BCUT2D eigenvalue weighted by Crippen LogP contribution is 2.20. The molecule has 0 saturated carbocycles. The molecule has 2 atom stereocenters. The maximum absolute atomic E-state index is 13.2. The predicted molar refractivity (Wildman–Crippen MR) is 131 cm³/mol. The lowest BCUT2D eigenvalue weighted by atomic mass is 9.98. The second-order valence-corrected chi connectivity index (χ2v) is 10.9. The van der Waals surface area contributed by atoms with E-state index in [-0.39, 0.29) is 23.3 Å². The number of carboxylic acid groups (broad SMARTS) is 1. The number of carboxylic acids is 1. The molecule has 3 rings (SSSR count). The maximum atomic E-state index is 13.2. The number of likely N-dealkylation sites (tertiary alicyclic amines) is 1. The summed E-state index contributed by atoms with van der Waals surface area (Å²) in [6, 6.07) is -1.45. The Morgan fingerprint density at radius 1 is 1.27 bits per heavy atom. The molecule has 0 unspecified atom stereocenters. The molecular formula is C22H30N6O8S. The zero-order valence-electron chi connectivity index (χ0n) is 21.1. The third-order valence-corrected chi connectivity index (χ3v) is 6.10. The van der Waals surface area contributed by atoms with E-state index in [0.29, 0.717) is 13.0 Å². The molecule has 0 spiro atoms. The van der Waals surface area contributed by atoms with Crippen LogP contribution >= 0.6 is 11.3 Å². The largest absolute Gasteiger partial charge is 0.478 e. The van der Waals surface area contributed by atoms with Crippen LogP contribution in [0.4, 0.5) is 9.93 Å². The number of amides is 4. The first-order valence-corrected chi connectivity index (χ1v) is 12.4. The summed E-state index contributed by atoms with van der Waals surface area (Å²) in [4.78, 5) is 71.7. The van der Waals surface area contributed by atoms with Crippen molar-refractivity contribution in [1.82, 2.24) is 20.5 Å². The molecule has 1 aromatic rings. The van der Waals surface area contributed by atoms with Crippen LogP contribution in [-0.2, 0) is 28.8 Å². The Labute approximate surface area is 216 Å². The number of rotatable bonds is 9. The van der Waals surface area contributed by atoms with Gasteiger partial charge in [-0.25, -0.2) is 14.6 Å². The Morgan fingerprint density at radius 2 is 1.97 bits per heavy atom. The summed E-state index contributed by atoms with van der Waals surface area (Å²) in [7, 11) is 0. The molecule has 15 heteroatoms. The van der Waals surface area contributed by atoms with E-state index in [1.165, 1.54) is 19.2 Å². The number of ether oxygens (including phenoxy) is 1. The summed E-state index contributed by atoms with van der Waals surface area (Å²) in [6.45, 7) is 8.38. The smallest absolute Gasteiger partial charge is 0.413 e. The molecule has 14 nitrogen and oxygen atoms in total. The summed E-state index contributed by atoms with van der Waals surface area (Å²) in [5, 5.41) is 22.2. The van der Waals surface area contributed by atoms with Crippen LogP contribution in [0, 0.1) is 0 Å². The Hall–Kier alpha value is -3.75. The van der Waals surface area contributed by atoms with E-state index in [1.807, 2.05) is 0 Å². The van der Waals surface area contributed by atoms with Gasteiger partial charge in [-0.05, 0) is 41.0 Å². The number of nitrogens with one attached hydrogen (secondary N) is 3. The van der Waals surface area contributed by atoms with Gasteiger partial charge in [-0.1, -0.05) is 5.16 Å². The van der Waals surface area contributed by atoms with Crippen LogP contribution in [0.1, 0.15) is 53.2 Å². The maximum Gasteiger partial charge on any atom is 0.413 e. The van der Waals surface area contributed by atoms with Crippen LogP contribution in [0.15, 0.2) is 10.5 Å². The molecule has 2 saturated heterocycles. The van der Waals surface area contributed by atoms with Gasteiger partial charge in [-0.3, -0.25) is 19.7 Å². The van der Waals surface area contributed by atoms with Crippen molar-refractivity contribution in [1.29, 1.82) is 0 Å². The zero-order valence-corrected chi connectivity index (χ0v) is 21.9. The van der Waals surface area contributed by atoms with Crippen LogP contribution < -0.4 is 16.0 Å². The number of thiazole rings is 1. The van der Waals surface area contributed by atoms with E-state index in [2.05, 4.69) is 26.1 Å². The first kappa shape index (κ1) is 27.8. The summed E-state index contributed by atoms with van der Waals surface area (Å²) >= 11 is 0.971. The number of carbonyl (C=O) groups is 5. The zero-order chi connectivity index (χ0) is 27.5. The first-order chi connectivity index (χ1) is 17.2. The Kier molecular flexibility index (Phi) is 8.05. The van der Waals surface area contributed by atoms with Gasteiger partial charge in [-0.15, -0.1) is 11.3 Å². The normalized spacial score (nSPS) is 20.1. The minimum Gasteiger partial charge on any atom is -0.478 e. The molecule has 2 aliphatic rings. The van der Waals surface area contributed by atoms with E-state index < -0.39 is 52.9 Å². The third kappa shape index (κ3) is 7.15. The van der Waals surface area contributed by atoms with Gasteiger partial charge < -0.3 is 30.2 Å². The van der Waals surface area contributed by atoms with E-state index >= 15 is 0 Å². The monoisotopic (exact) mass is 538 g/mol. The van der Waals surface area contributed by atoms with Gasteiger partial charge in [0.25, 0.3) is 5.91 Å². The Balaban J connectivity index is 1.78. The van der Waals surface area contributed by atoms with Crippen LogP contribution in [0.25, 0.3) is 0 Å². The molecule has 1 aromatic heterocycles. The van der Waals surface area contributed by atoms with Crippen LogP contribution in [0.3, 0.4) is 0 Å². The topological polar surface area (TPSA) is 189 Å². The number of hydrogen-bond donors (Lipinski definition) is 4. The van der Waals surface area contributed by atoms with Crippen LogP contribution in [-0.4, -0.2) is 86.9 Å². The SMILES string of the molecule is CC(C)(C)OC(=O)Nc1nc(C(=NOC(C)(C)C(=O)O)C(=O)N[C@@H]2C(=O)N[C@H]2CN2CCCC2=O)cs1. The van der Waals surface area contributed by atoms with E-state index in [9.17, 15) is 29.1 Å². The molecule has 0 aromatic carbocycles. The lowest BCUT2D eigenvalue weighted by Gasteiger charge is -2.39. The number of anilines is 1. The van der Waals surface area contributed by atoms with Crippen molar-refractivity contribution >= 4 is 52.0 Å². The Morgan fingerprint density at radius 3 is 2.54 bits per heavy atom. The molecule has 4 N–H and O–H groups in total. The van der Waals surface area contributed by atoms with Crippen molar-refractivity contribution in [3.63, 3.8) is 0 Å². The van der Waals surface area contributed by atoms with Gasteiger partial charge in [0, 0.05) is 24.9 Å². The average Bonchev–Trinajstić information content (AvgIpc) is 3.39. The van der Waals surface area contributed by atoms with Crippen molar-refractivity contribution in [2.45, 2.75) is 70.7 Å². The van der Waals surface area contributed by atoms with Crippen molar-refractivity contribution < 1.29 is 38.7 Å². The van der Waals surface area contributed by atoms with E-state index in [0.717, 1.165) is 17.8 Å². The molecule has 37 heavy (non-hydrogen) atoms. The fourth-order valence-electron chi connectivity index (χ4n) is 3.34. The van der Waals surface area contributed by atoms with Crippen LogP contribution in [0.5, 0.6) is 0 Å². The molecular weight excluding hydrogens is 508 g/mol. The van der Waals surface area contributed by atoms with Crippen LogP contribution in [0.2, 0.25) is 0 Å². The number of oxime groups is 1. The Bertz CT molecular complexity index is 1120. The second kappa shape index (κ2) is 10.7. The lowest BCUT2D eigenvalue weighted by molar-refractivity contribution is -0.161. The molecule has 0 aliphatic carbocycles. The van der Waals surface area contributed by atoms with Gasteiger partial charge >= 0.3 is 12.1 Å². The average molecular weight is 539 g/mol. The highest BCUT2D eigenvalue weighted by Gasteiger charge is 2.43.